The molecule has 0 radical (unpaired) electrons. The molecule has 0 bridgehead atoms. The SMILES string of the molecule is c1ccc(-n2c3ccccc3c3cc(-n4c5ccc(-c6cccc7oc8ccccc8c67)cc5c5cc([Si](c6ccccc6)(c6ccccc6)c6ccccc6)ccc54)ccc32)cc1. The number of hydrogen-bond donors (Lipinski definition) is 0. The van der Waals surface area contributed by atoms with Gasteiger partial charge in [0.2, 0.25) is 0 Å². The van der Waals surface area contributed by atoms with Gasteiger partial charge < -0.3 is 13.6 Å². The van der Waals surface area contributed by atoms with Crippen LogP contribution in [-0.2, 0) is 0 Å². The summed E-state index contributed by atoms with van der Waals surface area (Å²) in [4.78, 5) is 0. The predicted molar refractivity (Wildman–Crippen MR) is 271 cm³/mol. The fourth-order valence-electron chi connectivity index (χ4n) is 10.7. The average Bonchev–Trinajstić information content (AvgIpc) is 4.03. The molecule has 4 heteroatoms. The van der Waals surface area contributed by atoms with Crippen LogP contribution in [0.3, 0.4) is 0 Å². The Morgan fingerprint density at radius 3 is 1.48 bits per heavy atom. The molecule has 0 fully saturated rings. The van der Waals surface area contributed by atoms with Crippen LogP contribution in [-0.4, -0.2) is 17.2 Å². The number of nitrogens with zero attached hydrogens (tertiary/aromatic N) is 2. The van der Waals surface area contributed by atoms with Crippen molar-refractivity contribution in [3.8, 4) is 22.5 Å². The van der Waals surface area contributed by atoms with E-state index in [1.54, 1.807) is 0 Å². The maximum absolute atomic E-state index is 6.41. The highest BCUT2D eigenvalue weighted by Crippen LogP contribution is 2.41. The van der Waals surface area contributed by atoms with Gasteiger partial charge >= 0.3 is 0 Å². The van der Waals surface area contributed by atoms with Crippen LogP contribution in [0.2, 0.25) is 0 Å². The second-order valence-corrected chi connectivity index (χ2v) is 20.6. The normalized spacial score (nSPS) is 12.1. The van der Waals surface area contributed by atoms with Crippen molar-refractivity contribution in [1.29, 1.82) is 0 Å². The molecule has 300 valence electrons. The van der Waals surface area contributed by atoms with Crippen molar-refractivity contribution in [3.63, 3.8) is 0 Å². The van der Waals surface area contributed by atoms with E-state index in [4.69, 9.17) is 4.42 Å². The predicted octanol–water partition coefficient (Wildman–Crippen LogP) is 12.8. The topological polar surface area (TPSA) is 23.0 Å². The Hall–Kier alpha value is -8.18. The second-order valence-electron chi connectivity index (χ2n) is 16.8. The molecule has 13 rings (SSSR count). The Kier molecular flexibility index (Phi) is 8.23. The number of furan rings is 1. The van der Waals surface area contributed by atoms with Crippen molar-refractivity contribution in [2.75, 3.05) is 0 Å². The molecular weight excluding hydrogens is 793 g/mol. The van der Waals surface area contributed by atoms with Crippen LogP contribution >= 0.6 is 0 Å². The molecule has 0 amide bonds. The number of para-hydroxylation sites is 3. The Bertz CT molecular complexity index is 3790. The number of benzene rings is 10. The molecule has 13 aromatic rings. The third-order valence-electron chi connectivity index (χ3n) is 13.5. The Balaban J connectivity index is 1.12. The fourth-order valence-corrected chi connectivity index (χ4v) is 15.5. The van der Waals surface area contributed by atoms with E-state index in [1.165, 1.54) is 58.8 Å². The first kappa shape index (κ1) is 36.5. The summed E-state index contributed by atoms with van der Waals surface area (Å²) in [6, 6.07) is 89.4. The van der Waals surface area contributed by atoms with Gasteiger partial charge in [-0.3, -0.25) is 0 Å². The van der Waals surface area contributed by atoms with Gasteiger partial charge in [-0.05, 0) is 98.6 Å². The highest BCUT2D eigenvalue weighted by molar-refractivity contribution is 7.20. The lowest BCUT2D eigenvalue weighted by molar-refractivity contribution is 0.669. The molecule has 3 aromatic heterocycles. The summed E-state index contributed by atoms with van der Waals surface area (Å²) in [5.74, 6) is 0. The molecule has 0 spiro atoms. The minimum atomic E-state index is -2.83. The lowest BCUT2D eigenvalue weighted by Gasteiger charge is -2.34. The molecule has 0 aliphatic carbocycles. The largest absolute Gasteiger partial charge is 0.456 e. The van der Waals surface area contributed by atoms with Gasteiger partial charge in [-0.1, -0.05) is 176 Å². The van der Waals surface area contributed by atoms with Gasteiger partial charge in [-0.25, -0.2) is 0 Å². The summed E-state index contributed by atoms with van der Waals surface area (Å²) in [6.07, 6.45) is 0. The maximum Gasteiger partial charge on any atom is 0.179 e. The van der Waals surface area contributed by atoms with E-state index in [0.29, 0.717) is 0 Å². The van der Waals surface area contributed by atoms with Gasteiger partial charge in [0.15, 0.2) is 8.07 Å². The maximum atomic E-state index is 6.41. The molecule has 0 saturated carbocycles. The average molecular weight is 833 g/mol. The van der Waals surface area contributed by atoms with Crippen molar-refractivity contribution in [3.05, 3.63) is 243 Å². The van der Waals surface area contributed by atoms with E-state index in [9.17, 15) is 0 Å². The van der Waals surface area contributed by atoms with E-state index in [2.05, 4.69) is 246 Å². The lowest BCUT2D eigenvalue weighted by Crippen LogP contribution is -2.74. The summed E-state index contributed by atoms with van der Waals surface area (Å²) in [5, 5.41) is 12.6. The van der Waals surface area contributed by atoms with E-state index >= 15 is 0 Å². The van der Waals surface area contributed by atoms with Gasteiger partial charge in [0.05, 0.1) is 22.1 Å². The van der Waals surface area contributed by atoms with E-state index in [1.807, 2.05) is 6.07 Å². The Morgan fingerprint density at radius 1 is 0.297 bits per heavy atom. The summed E-state index contributed by atoms with van der Waals surface area (Å²) in [5.41, 5.74) is 11.1. The smallest absolute Gasteiger partial charge is 0.179 e. The molecule has 0 saturated heterocycles. The number of fused-ring (bicyclic) bond motifs is 9. The van der Waals surface area contributed by atoms with Gasteiger partial charge in [0, 0.05) is 43.7 Å². The Labute approximate surface area is 371 Å². The molecule has 0 aliphatic heterocycles. The van der Waals surface area contributed by atoms with E-state index < -0.39 is 8.07 Å². The number of hydrogen-bond acceptors (Lipinski definition) is 1. The molecule has 64 heavy (non-hydrogen) atoms. The zero-order valence-electron chi connectivity index (χ0n) is 34.9. The van der Waals surface area contributed by atoms with Crippen molar-refractivity contribution in [2.24, 2.45) is 0 Å². The summed E-state index contributed by atoms with van der Waals surface area (Å²) in [6.45, 7) is 0. The Morgan fingerprint density at radius 2 is 0.797 bits per heavy atom. The van der Waals surface area contributed by atoms with E-state index in [0.717, 1.165) is 50.0 Å². The van der Waals surface area contributed by atoms with E-state index in [-0.39, 0.29) is 0 Å². The van der Waals surface area contributed by atoms with Crippen LogP contribution in [0.4, 0.5) is 0 Å². The van der Waals surface area contributed by atoms with Crippen molar-refractivity contribution in [2.45, 2.75) is 0 Å². The van der Waals surface area contributed by atoms with Crippen LogP contribution in [0.1, 0.15) is 0 Å². The zero-order chi connectivity index (χ0) is 42.2. The van der Waals surface area contributed by atoms with Crippen LogP contribution in [0.15, 0.2) is 247 Å². The third kappa shape index (κ3) is 5.39. The van der Waals surface area contributed by atoms with Crippen LogP contribution in [0.25, 0.3) is 88.1 Å². The molecule has 0 atom stereocenters. The first-order chi connectivity index (χ1) is 31.8. The monoisotopic (exact) mass is 832 g/mol. The van der Waals surface area contributed by atoms with Crippen molar-refractivity contribution >= 4 is 94.4 Å². The summed E-state index contributed by atoms with van der Waals surface area (Å²) < 4.78 is 11.3. The molecule has 3 heterocycles. The van der Waals surface area contributed by atoms with Gasteiger partial charge in [-0.2, -0.15) is 0 Å². The second kappa shape index (κ2) is 14.5. The standard InChI is InChI=1S/C60H40N2OSi/c1-5-18-42(19-6-1)61-54-29-15-13-26-49(54)52-39-43(33-36-56(52)61)62-55-35-32-41(48-28-17-31-59-60(48)50-27-14-16-30-58(50)63-59)38-51(55)53-40-47(34-37-57(53)62)64(44-20-7-2-8-21-44,45-22-9-3-10-23-45)46-24-11-4-12-25-46/h1-40H. The first-order valence-electron chi connectivity index (χ1n) is 22.0. The minimum absolute atomic E-state index is 0.899. The van der Waals surface area contributed by atoms with Crippen LogP contribution in [0, 0.1) is 0 Å². The van der Waals surface area contributed by atoms with Crippen molar-refractivity contribution < 1.29 is 4.42 Å². The molecule has 10 aromatic carbocycles. The number of rotatable bonds is 7. The van der Waals surface area contributed by atoms with Crippen LogP contribution < -0.4 is 20.7 Å². The molecule has 0 aliphatic rings. The van der Waals surface area contributed by atoms with Crippen molar-refractivity contribution in [1.82, 2.24) is 9.13 Å². The van der Waals surface area contributed by atoms with Crippen LogP contribution in [0.5, 0.6) is 0 Å². The molecule has 3 nitrogen and oxygen atoms in total. The highest BCUT2D eigenvalue weighted by Gasteiger charge is 2.41. The summed E-state index contributed by atoms with van der Waals surface area (Å²) in [7, 11) is -2.83. The molecule has 0 N–H and O–H groups in total. The quantitative estimate of drug-likeness (QED) is 0.116. The lowest BCUT2D eigenvalue weighted by atomic mass is 9.98. The first-order valence-corrected chi connectivity index (χ1v) is 24.0. The van der Waals surface area contributed by atoms with Gasteiger partial charge in [0.1, 0.15) is 11.2 Å². The summed E-state index contributed by atoms with van der Waals surface area (Å²) >= 11 is 0. The number of aromatic nitrogens is 2. The van der Waals surface area contributed by atoms with Gasteiger partial charge in [-0.15, -0.1) is 0 Å². The molecule has 0 unspecified atom stereocenters. The molecular formula is C60H40N2OSi. The zero-order valence-corrected chi connectivity index (χ0v) is 35.9. The highest BCUT2D eigenvalue weighted by atomic mass is 28.3. The van der Waals surface area contributed by atoms with Gasteiger partial charge in [0.25, 0.3) is 0 Å². The third-order valence-corrected chi connectivity index (χ3v) is 18.2. The minimum Gasteiger partial charge on any atom is -0.456 e. The fraction of sp³-hybridized carbons (Fsp3) is 0.